The number of pyridine rings is 1. The fourth-order valence-electron chi connectivity index (χ4n) is 3.10. The molecule has 0 bridgehead atoms. The van der Waals surface area contributed by atoms with Gasteiger partial charge < -0.3 is 9.30 Å². The third-order valence-corrected chi connectivity index (χ3v) is 4.71. The van der Waals surface area contributed by atoms with Crippen molar-refractivity contribution in [2.45, 2.75) is 20.3 Å². The van der Waals surface area contributed by atoms with Crippen LogP contribution in [0.5, 0.6) is 11.5 Å². The first kappa shape index (κ1) is 20.3. The van der Waals surface area contributed by atoms with E-state index in [0.29, 0.717) is 34.4 Å². The lowest BCUT2D eigenvalue weighted by Crippen LogP contribution is -2.20. The van der Waals surface area contributed by atoms with Gasteiger partial charge in [0, 0.05) is 35.5 Å². The van der Waals surface area contributed by atoms with Crippen LogP contribution in [-0.4, -0.2) is 10.4 Å². The number of rotatable bonds is 6. The lowest BCUT2D eigenvalue weighted by atomic mass is 9.99. The molecule has 0 radical (unpaired) electrons. The Morgan fingerprint density at radius 3 is 2.55 bits per heavy atom. The summed E-state index contributed by atoms with van der Waals surface area (Å²) in [6, 6.07) is 11.4. The van der Waals surface area contributed by atoms with E-state index in [1.54, 1.807) is 56.6 Å². The molecule has 0 unspecified atom stereocenters. The molecule has 3 rings (SSSR count). The fraction of sp³-hybridized carbons (Fsp3) is 0.167. The summed E-state index contributed by atoms with van der Waals surface area (Å²) in [5.41, 5.74) is 3.05. The third kappa shape index (κ3) is 4.19. The first-order valence-corrected chi connectivity index (χ1v) is 9.28. The van der Waals surface area contributed by atoms with Crippen molar-refractivity contribution in [3.63, 3.8) is 0 Å². The van der Waals surface area contributed by atoms with Crippen molar-refractivity contribution in [3.8, 4) is 22.6 Å². The number of nitrogens with zero attached hydrogens (tertiary/aromatic N) is 1. The van der Waals surface area contributed by atoms with E-state index < -0.39 is 5.82 Å². The van der Waals surface area contributed by atoms with E-state index in [0.717, 1.165) is 5.56 Å². The average Bonchev–Trinajstić information content (AvgIpc) is 2.71. The van der Waals surface area contributed by atoms with Gasteiger partial charge in [-0.15, -0.1) is 0 Å². The summed E-state index contributed by atoms with van der Waals surface area (Å²) < 4.78 is 21.7. The van der Waals surface area contributed by atoms with E-state index in [-0.39, 0.29) is 17.1 Å². The van der Waals surface area contributed by atoms with Gasteiger partial charge in [0.2, 0.25) is 0 Å². The third-order valence-electron chi connectivity index (χ3n) is 4.71. The number of hydrogen-bond donors (Lipinski definition) is 0. The van der Waals surface area contributed by atoms with Gasteiger partial charge in [0.15, 0.2) is 17.3 Å². The van der Waals surface area contributed by atoms with Crippen LogP contribution >= 0.6 is 0 Å². The minimum atomic E-state index is -0.475. The Morgan fingerprint density at radius 1 is 1.17 bits per heavy atom. The van der Waals surface area contributed by atoms with Gasteiger partial charge in [0.1, 0.15) is 5.75 Å². The summed E-state index contributed by atoms with van der Waals surface area (Å²) in [6.07, 6.45) is 3.48. The van der Waals surface area contributed by atoms with Crippen LogP contribution in [0.3, 0.4) is 0 Å². The molecular formula is C24H22FNO3. The maximum Gasteiger partial charge on any atom is 0.253 e. The van der Waals surface area contributed by atoms with Crippen molar-refractivity contribution in [2.24, 2.45) is 7.05 Å². The molecule has 1 heterocycles. The first-order chi connectivity index (χ1) is 13.8. The van der Waals surface area contributed by atoms with Crippen LogP contribution in [-0.2, 0) is 13.5 Å². The molecule has 29 heavy (non-hydrogen) atoms. The van der Waals surface area contributed by atoms with Crippen LogP contribution < -0.4 is 10.3 Å². The van der Waals surface area contributed by atoms with Crippen molar-refractivity contribution in [1.82, 2.24) is 4.57 Å². The zero-order chi connectivity index (χ0) is 21.1. The molecule has 0 atom stereocenters. The van der Waals surface area contributed by atoms with Crippen LogP contribution in [0.4, 0.5) is 4.39 Å². The number of allylic oxidation sites excluding steroid dienone is 1. The number of aromatic nitrogens is 1. The zero-order valence-electron chi connectivity index (χ0n) is 16.7. The van der Waals surface area contributed by atoms with Crippen LogP contribution in [0.15, 0.2) is 66.1 Å². The van der Waals surface area contributed by atoms with Crippen molar-refractivity contribution < 1.29 is 13.9 Å². The van der Waals surface area contributed by atoms with Crippen LogP contribution in [0.2, 0.25) is 0 Å². The van der Waals surface area contributed by atoms with Gasteiger partial charge in [0.25, 0.3) is 5.56 Å². The summed E-state index contributed by atoms with van der Waals surface area (Å²) in [7, 11) is 1.67. The number of hydrogen-bond acceptors (Lipinski definition) is 3. The molecule has 0 aliphatic rings. The quantitative estimate of drug-likeness (QED) is 0.427. The molecule has 5 heteroatoms. The van der Waals surface area contributed by atoms with Crippen molar-refractivity contribution in [1.29, 1.82) is 0 Å². The molecular weight excluding hydrogens is 369 g/mol. The molecule has 0 aliphatic heterocycles. The van der Waals surface area contributed by atoms with E-state index in [4.69, 9.17) is 4.74 Å². The highest BCUT2D eigenvalue weighted by atomic mass is 19.1. The molecule has 0 saturated heterocycles. The van der Waals surface area contributed by atoms with Gasteiger partial charge in [-0.2, -0.15) is 0 Å². The molecule has 1 aromatic heterocycles. The molecule has 0 aliphatic carbocycles. The zero-order valence-corrected chi connectivity index (χ0v) is 16.7. The van der Waals surface area contributed by atoms with Crippen molar-refractivity contribution in [2.75, 3.05) is 0 Å². The van der Waals surface area contributed by atoms with Crippen molar-refractivity contribution >= 4 is 5.78 Å². The second-order valence-electron chi connectivity index (χ2n) is 6.84. The van der Waals surface area contributed by atoms with E-state index in [2.05, 4.69) is 6.58 Å². The summed E-state index contributed by atoms with van der Waals surface area (Å²) in [5, 5.41) is 0. The Morgan fingerprint density at radius 2 is 1.90 bits per heavy atom. The van der Waals surface area contributed by atoms with Gasteiger partial charge in [0.05, 0.1) is 0 Å². The standard InChI is InChI=1S/C24H22FNO3/c1-5-16-12-18(14-26(4)24(16)28)19-13-17(21(27)6-2)8-10-22(19)29-23-9-7-15(3)11-20(23)25/h6-14H,2,5H2,1,3-4H3. The van der Waals surface area contributed by atoms with Crippen LogP contribution in [0.25, 0.3) is 11.1 Å². The minimum absolute atomic E-state index is 0.0818. The molecule has 0 amide bonds. The number of carbonyl (C=O) groups excluding carboxylic acids is 1. The fourth-order valence-corrected chi connectivity index (χ4v) is 3.10. The number of carbonyl (C=O) groups is 1. The SMILES string of the molecule is C=CC(=O)c1ccc(Oc2ccc(C)cc2F)c(-c2cc(CC)c(=O)n(C)c2)c1. The van der Waals surface area contributed by atoms with Gasteiger partial charge in [-0.3, -0.25) is 9.59 Å². The molecule has 2 aromatic carbocycles. The van der Waals surface area contributed by atoms with Crippen LogP contribution in [0, 0.1) is 12.7 Å². The van der Waals surface area contributed by atoms with E-state index in [1.807, 2.05) is 6.92 Å². The van der Waals surface area contributed by atoms with E-state index in [1.165, 1.54) is 16.7 Å². The molecule has 0 saturated carbocycles. The molecule has 3 aromatic rings. The first-order valence-electron chi connectivity index (χ1n) is 9.28. The topological polar surface area (TPSA) is 48.3 Å². The number of ketones is 1. The maximum absolute atomic E-state index is 14.3. The lowest BCUT2D eigenvalue weighted by molar-refractivity contribution is 0.104. The second-order valence-corrected chi connectivity index (χ2v) is 6.84. The predicted molar refractivity (Wildman–Crippen MR) is 112 cm³/mol. The Bertz CT molecular complexity index is 1160. The molecule has 0 N–H and O–H groups in total. The number of ether oxygens (including phenoxy) is 1. The van der Waals surface area contributed by atoms with Gasteiger partial charge in [-0.05, 0) is 61.4 Å². The van der Waals surface area contributed by atoms with Gasteiger partial charge in [-0.25, -0.2) is 4.39 Å². The van der Waals surface area contributed by atoms with Crippen molar-refractivity contribution in [3.05, 3.63) is 94.2 Å². The van der Waals surface area contributed by atoms with Gasteiger partial charge >= 0.3 is 0 Å². The Balaban J connectivity index is 2.19. The molecule has 0 fully saturated rings. The van der Waals surface area contributed by atoms with E-state index >= 15 is 0 Å². The molecule has 0 spiro atoms. The summed E-state index contributed by atoms with van der Waals surface area (Å²) in [4.78, 5) is 24.4. The monoisotopic (exact) mass is 391 g/mol. The number of halogens is 1. The molecule has 148 valence electrons. The highest BCUT2D eigenvalue weighted by molar-refractivity contribution is 6.05. The predicted octanol–water partition coefficient (Wildman–Crippen LogP) is 5.22. The minimum Gasteiger partial charge on any atom is -0.454 e. The highest BCUT2D eigenvalue weighted by Gasteiger charge is 2.15. The average molecular weight is 391 g/mol. The van der Waals surface area contributed by atoms with Crippen LogP contribution in [0.1, 0.15) is 28.4 Å². The Labute approximate surface area is 168 Å². The highest BCUT2D eigenvalue weighted by Crippen LogP contribution is 2.35. The Hall–Kier alpha value is -3.47. The smallest absolute Gasteiger partial charge is 0.253 e. The Kier molecular flexibility index (Phi) is 5.78. The normalized spacial score (nSPS) is 10.6. The van der Waals surface area contributed by atoms with Gasteiger partial charge in [-0.1, -0.05) is 19.6 Å². The maximum atomic E-state index is 14.3. The van der Waals surface area contributed by atoms with E-state index in [9.17, 15) is 14.0 Å². The summed E-state index contributed by atoms with van der Waals surface area (Å²) in [6.45, 7) is 7.22. The summed E-state index contributed by atoms with van der Waals surface area (Å²) in [5.74, 6) is -0.244. The number of benzene rings is 2. The number of aryl methyl sites for hydroxylation is 3. The largest absolute Gasteiger partial charge is 0.454 e. The molecule has 4 nitrogen and oxygen atoms in total. The lowest BCUT2D eigenvalue weighted by Gasteiger charge is -2.15. The second kappa shape index (κ2) is 8.27. The summed E-state index contributed by atoms with van der Waals surface area (Å²) >= 11 is 0.